The fourth-order valence-corrected chi connectivity index (χ4v) is 3.21. The van der Waals surface area contributed by atoms with Gasteiger partial charge < -0.3 is 42.6 Å². The Morgan fingerprint density at radius 1 is 0.556 bits per heavy atom. The summed E-state index contributed by atoms with van der Waals surface area (Å²) in [7, 11) is 0. The van der Waals surface area contributed by atoms with E-state index in [9.17, 15) is 24.0 Å². The van der Waals surface area contributed by atoms with E-state index in [0.717, 1.165) is 24.3 Å². The van der Waals surface area contributed by atoms with Gasteiger partial charge in [0.25, 0.3) is 0 Å². The molecule has 0 saturated heterocycles. The van der Waals surface area contributed by atoms with Gasteiger partial charge in [-0.15, -0.1) is 0 Å². The van der Waals surface area contributed by atoms with Crippen molar-refractivity contribution in [2.24, 2.45) is 0 Å². The van der Waals surface area contributed by atoms with Crippen LogP contribution >= 0.6 is 0 Å². The number of aryl methyl sites for hydroxylation is 2. The monoisotopic (exact) mass is 626 g/mol. The van der Waals surface area contributed by atoms with Crippen LogP contribution in [0.1, 0.15) is 21.5 Å². The number of rotatable bonds is 18. The standard InChI is InChI=1S/C31H30O14/c1-7-25(32)39-15-37-23-13-21(11-19(5)29(23)43-17-41-27(34)9-3)31(36)45-22-12-20(6)30(44-18-42-28(35)10-4)24(14-22)38-16-40-26(33)8-2/h7-14H,1-4,15-18H2,5-6H3. The van der Waals surface area contributed by atoms with E-state index < -0.39 is 57.0 Å². The Hall–Kier alpha value is -6.05. The molecule has 0 spiro atoms. The van der Waals surface area contributed by atoms with E-state index in [1.807, 2.05) is 0 Å². The van der Waals surface area contributed by atoms with Gasteiger partial charge in [-0.3, -0.25) is 0 Å². The molecular formula is C31H30O14. The van der Waals surface area contributed by atoms with Gasteiger partial charge >= 0.3 is 29.8 Å². The van der Waals surface area contributed by atoms with Crippen molar-refractivity contribution in [2.45, 2.75) is 13.8 Å². The molecular weight excluding hydrogens is 596 g/mol. The van der Waals surface area contributed by atoms with Crippen molar-refractivity contribution >= 4 is 29.8 Å². The molecule has 0 heterocycles. The molecule has 238 valence electrons. The minimum atomic E-state index is -0.854. The average molecular weight is 627 g/mol. The van der Waals surface area contributed by atoms with Crippen LogP contribution in [0.3, 0.4) is 0 Å². The Morgan fingerprint density at radius 3 is 1.36 bits per heavy atom. The first-order valence-electron chi connectivity index (χ1n) is 12.7. The normalized spacial score (nSPS) is 9.82. The number of hydrogen-bond donors (Lipinski definition) is 0. The molecule has 0 N–H and O–H groups in total. The van der Waals surface area contributed by atoms with Crippen molar-refractivity contribution in [3.63, 3.8) is 0 Å². The highest BCUT2D eigenvalue weighted by Crippen LogP contribution is 2.37. The first-order chi connectivity index (χ1) is 21.5. The highest BCUT2D eigenvalue weighted by Gasteiger charge is 2.20. The summed E-state index contributed by atoms with van der Waals surface area (Å²) in [6.07, 6.45) is 3.77. The first-order valence-corrected chi connectivity index (χ1v) is 12.7. The van der Waals surface area contributed by atoms with Gasteiger partial charge in [0, 0.05) is 30.4 Å². The maximum Gasteiger partial charge on any atom is 0.343 e. The van der Waals surface area contributed by atoms with Crippen molar-refractivity contribution in [3.05, 3.63) is 91.6 Å². The zero-order chi connectivity index (χ0) is 33.4. The molecule has 0 aliphatic heterocycles. The van der Waals surface area contributed by atoms with E-state index >= 15 is 0 Å². The minimum absolute atomic E-state index is 0.00492. The third kappa shape index (κ3) is 11.3. The van der Waals surface area contributed by atoms with Crippen LogP contribution in [0.15, 0.2) is 74.9 Å². The Labute approximate surface area is 257 Å². The van der Waals surface area contributed by atoms with Crippen LogP contribution in [-0.2, 0) is 38.1 Å². The molecule has 0 bridgehead atoms. The molecule has 0 unspecified atom stereocenters. The van der Waals surface area contributed by atoms with Gasteiger partial charge in [0.1, 0.15) is 5.75 Å². The molecule has 14 nitrogen and oxygen atoms in total. The highest BCUT2D eigenvalue weighted by molar-refractivity contribution is 5.92. The molecule has 0 amide bonds. The second-order valence-corrected chi connectivity index (χ2v) is 8.30. The molecule has 0 atom stereocenters. The van der Waals surface area contributed by atoms with Crippen molar-refractivity contribution in [3.8, 4) is 28.7 Å². The fraction of sp³-hybridized carbons (Fsp3) is 0.194. The number of carbonyl (C=O) groups excluding carboxylic acids is 5. The van der Waals surface area contributed by atoms with E-state index in [1.54, 1.807) is 13.8 Å². The van der Waals surface area contributed by atoms with E-state index in [-0.39, 0.29) is 34.3 Å². The van der Waals surface area contributed by atoms with Gasteiger partial charge in [0.2, 0.25) is 27.2 Å². The summed E-state index contributed by atoms with van der Waals surface area (Å²) in [6, 6.07) is 5.39. The summed E-state index contributed by atoms with van der Waals surface area (Å²) in [5.41, 5.74) is 0.748. The summed E-state index contributed by atoms with van der Waals surface area (Å²) in [6.45, 7) is 14.2. The maximum absolute atomic E-state index is 13.2. The van der Waals surface area contributed by atoms with Crippen LogP contribution in [0.2, 0.25) is 0 Å². The summed E-state index contributed by atoms with van der Waals surface area (Å²) < 4.78 is 46.9. The first kappa shape index (κ1) is 35.1. The van der Waals surface area contributed by atoms with E-state index in [4.69, 9.17) is 42.6 Å². The van der Waals surface area contributed by atoms with Crippen LogP contribution in [0.25, 0.3) is 0 Å². The van der Waals surface area contributed by atoms with Gasteiger partial charge in [0.15, 0.2) is 23.0 Å². The van der Waals surface area contributed by atoms with Gasteiger partial charge in [0.05, 0.1) is 5.56 Å². The lowest BCUT2D eigenvalue weighted by Crippen LogP contribution is -2.14. The third-order valence-corrected chi connectivity index (χ3v) is 5.21. The summed E-state index contributed by atoms with van der Waals surface area (Å²) in [5.74, 6) is -3.73. The second kappa shape index (κ2) is 17.8. The Bertz CT molecular complexity index is 1470. The van der Waals surface area contributed by atoms with Gasteiger partial charge in [-0.25, -0.2) is 24.0 Å². The van der Waals surface area contributed by atoms with Crippen molar-refractivity contribution < 1.29 is 66.6 Å². The van der Waals surface area contributed by atoms with Crippen molar-refractivity contribution in [1.82, 2.24) is 0 Å². The topological polar surface area (TPSA) is 168 Å². The lowest BCUT2D eigenvalue weighted by atomic mass is 10.1. The molecule has 2 aromatic rings. The van der Waals surface area contributed by atoms with Crippen LogP contribution in [0, 0.1) is 13.8 Å². The minimum Gasteiger partial charge on any atom is -0.453 e. The van der Waals surface area contributed by atoms with E-state index in [2.05, 4.69) is 26.3 Å². The Balaban J connectivity index is 2.36. The zero-order valence-corrected chi connectivity index (χ0v) is 24.5. The molecule has 14 heteroatoms. The SMILES string of the molecule is C=CC(=O)OCOc1cc(OC(=O)c2cc(C)c(OCOC(=O)C=C)c(OCOC(=O)C=C)c2)cc(C)c1OCOC(=O)C=C. The summed E-state index contributed by atoms with van der Waals surface area (Å²) in [5, 5.41) is 0. The third-order valence-electron chi connectivity index (χ3n) is 5.21. The second-order valence-electron chi connectivity index (χ2n) is 8.30. The predicted molar refractivity (Wildman–Crippen MR) is 154 cm³/mol. The molecule has 45 heavy (non-hydrogen) atoms. The molecule has 0 fully saturated rings. The van der Waals surface area contributed by atoms with Gasteiger partial charge in [-0.1, -0.05) is 26.3 Å². The molecule has 0 saturated carbocycles. The molecule has 2 rings (SSSR count). The smallest absolute Gasteiger partial charge is 0.343 e. The lowest BCUT2D eigenvalue weighted by molar-refractivity contribution is -0.146. The van der Waals surface area contributed by atoms with Gasteiger partial charge in [-0.2, -0.15) is 0 Å². The molecule has 0 aliphatic carbocycles. The fourth-order valence-electron chi connectivity index (χ4n) is 3.21. The number of carbonyl (C=O) groups is 5. The molecule has 0 aliphatic rings. The van der Waals surface area contributed by atoms with E-state index in [1.165, 1.54) is 24.3 Å². The number of hydrogen-bond acceptors (Lipinski definition) is 14. The van der Waals surface area contributed by atoms with Crippen molar-refractivity contribution in [2.75, 3.05) is 27.2 Å². The molecule has 0 radical (unpaired) electrons. The molecule has 0 aromatic heterocycles. The number of benzene rings is 2. The number of ether oxygens (including phenoxy) is 9. The summed E-state index contributed by atoms with van der Waals surface area (Å²) in [4.78, 5) is 58.9. The zero-order valence-electron chi connectivity index (χ0n) is 24.5. The Kier molecular flexibility index (Phi) is 13.9. The highest BCUT2D eigenvalue weighted by atomic mass is 16.7. The maximum atomic E-state index is 13.2. The van der Waals surface area contributed by atoms with Crippen LogP contribution in [-0.4, -0.2) is 57.0 Å². The lowest BCUT2D eigenvalue weighted by Gasteiger charge is -2.17. The largest absolute Gasteiger partial charge is 0.453 e. The Morgan fingerprint density at radius 2 is 0.933 bits per heavy atom. The summed E-state index contributed by atoms with van der Waals surface area (Å²) >= 11 is 0. The van der Waals surface area contributed by atoms with Gasteiger partial charge in [-0.05, 0) is 43.2 Å². The van der Waals surface area contributed by atoms with Crippen LogP contribution in [0.5, 0.6) is 28.7 Å². The number of esters is 5. The van der Waals surface area contributed by atoms with Crippen LogP contribution in [0.4, 0.5) is 0 Å². The predicted octanol–water partition coefficient (Wildman–Crippen LogP) is 3.78. The molecule has 2 aromatic carbocycles. The quantitative estimate of drug-likeness (QED) is 0.0770. The van der Waals surface area contributed by atoms with Crippen LogP contribution < -0.4 is 23.7 Å². The average Bonchev–Trinajstić information content (AvgIpc) is 3.02. The van der Waals surface area contributed by atoms with E-state index in [0.29, 0.717) is 11.1 Å². The van der Waals surface area contributed by atoms with Crippen molar-refractivity contribution in [1.29, 1.82) is 0 Å².